The van der Waals surface area contributed by atoms with Gasteiger partial charge in [0.05, 0.1) is 12.7 Å². The molecule has 0 aliphatic rings. The second-order valence-electron chi connectivity index (χ2n) is 8.32. The molecule has 0 aromatic heterocycles. The van der Waals surface area contributed by atoms with E-state index >= 15 is 0 Å². The Hall–Kier alpha value is -2.96. The van der Waals surface area contributed by atoms with Crippen molar-refractivity contribution in [1.82, 2.24) is 0 Å². The van der Waals surface area contributed by atoms with Gasteiger partial charge in [-0.2, -0.15) is 5.26 Å². The van der Waals surface area contributed by atoms with Crippen molar-refractivity contribution in [3.63, 3.8) is 0 Å². The summed E-state index contributed by atoms with van der Waals surface area (Å²) >= 11 is 1.58. The van der Waals surface area contributed by atoms with Crippen LogP contribution in [-0.4, -0.2) is 7.11 Å². The number of nitrogens with zero attached hydrogens (tertiary/aromatic N) is 1. The Morgan fingerprint density at radius 1 is 0.933 bits per heavy atom. The third-order valence-electron chi connectivity index (χ3n) is 4.93. The standard InChI is InChI=1S/C27H27NOS/c1-19-6-14-24(15-7-19)30-26-17-23(29-5)16-21(25(26)18-28)11-8-20-9-12-22(13-10-20)27(2,3)4/h6-17H,1-5H3/b11-8+. The van der Waals surface area contributed by atoms with Crippen LogP contribution in [0.5, 0.6) is 5.75 Å². The topological polar surface area (TPSA) is 33.0 Å². The summed E-state index contributed by atoms with van der Waals surface area (Å²) in [4.78, 5) is 1.99. The molecule has 0 aliphatic heterocycles. The van der Waals surface area contributed by atoms with Crippen LogP contribution < -0.4 is 4.74 Å². The minimum absolute atomic E-state index is 0.130. The first kappa shape index (κ1) is 21.7. The predicted molar refractivity (Wildman–Crippen MR) is 127 cm³/mol. The summed E-state index contributed by atoms with van der Waals surface area (Å²) in [5.41, 5.74) is 5.25. The molecule has 0 amide bonds. The maximum atomic E-state index is 9.87. The minimum atomic E-state index is 0.130. The molecule has 0 N–H and O–H groups in total. The summed E-state index contributed by atoms with van der Waals surface area (Å²) < 4.78 is 5.50. The second-order valence-corrected chi connectivity index (χ2v) is 9.44. The van der Waals surface area contributed by atoms with Gasteiger partial charge in [-0.25, -0.2) is 0 Å². The smallest absolute Gasteiger partial charge is 0.120 e. The summed E-state index contributed by atoms with van der Waals surface area (Å²) in [5.74, 6) is 0.742. The molecule has 0 fully saturated rings. The van der Waals surface area contributed by atoms with E-state index in [1.807, 2.05) is 24.3 Å². The first-order valence-electron chi connectivity index (χ1n) is 9.95. The van der Waals surface area contributed by atoms with Crippen LogP contribution in [0.3, 0.4) is 0 Å². The fourth-order valence-electron chi connectivity index (χ4n) is 3.07. The zero-order valence-electron chi connectivity index (χ0n) is 18.2. The fraction of sp³-hybridized carbons (Fsp3) is 0.222. The van der Waals surface area contributed by atoms with Crippen molar-refractivity contribution >= 4 is 23.9 Å². The lowest BCUT2D eigenvalue weighted by atomic mass is 9.87. The highest BCUT2D eigenvalue weighted by atomic mass is 32.2. The number of hydrogen-bond donors (Lipinski definition) is 0. The van der Waals surface area contributed by atoms with Crippen molar-refractivity contribution in [2.45, 2.75) is 42.9 Å². The molecule has 3 aromatic carbocycles. The quantitative estimate of drug-likeness (QED) is 0.406. The number of benzene rings is 3. The van der Waals surface area contributed by atoms with E-state index in [4.69, 9.17) is 4.74 Å². The van der Waals surface area contributed by atoms with Crippen molar-refractivity contribution in [1.29, 1.82) is 5.26 Å². The molecule has 3 heteroatoms. The van der Waals surface area contributed by atoms with Gasteiger partial charge in [0.2, 0.25) is 0 Å². The molecule has 152 valence electrons. The highest BCUT2D eigenvalue weighted by Crippen LogP contribution is 2.36. The van der Waals surface area contributed by atoms with Gasteiger partial charge in [0.15, 0.2) is 0 Å². The predicted octanol–water partition coefficient (Wildman–Crippen LogP) is 7.49. The van der Waals surface area contributed by atoms with E-state index in [1.54, 1.807) is 18.9 Å². The van der Waals surface area contributed by atoms with E-state index in [0.29, 0.717) is 5.56 Å². The number of methoxy groups -OCH3 is 1. The van der Waals surface area contributed by atoms with Crippen LogP contribution in [0, 0.1) is 18.3 Å². The summed E-state index contributed by atoms with van der Waals surface area (Å²) in [5, 5.41) is 9.87. The maximum absolute atomic E-state index is 9.87. The van der Waals surface area contributed by atoms with E-state index in [1.165, 1.54) is 11.1 Å². The van der Waals surface area contributed by atoms with Gasteiger partial charge in [-0.15, -0.1) is 0 Å². The average molecular weight is 414 g/mol. The Balaban J connectivity index is 1.94. The molecule has 3 aromatic rings. The summed E-state index contributed by atoms with van der Waals surface area (Å²) in [6.45, 7) is 8.69. The van der Waals surface area contributed by atoms with Gasteiger partial charge in [-0.3, -0.25) is 0 Å². The largest absolute Gasteiger partial charge is 0.497 e. The van der Waals surface area contributed by atoms with Gasteiger partial charge in [-0.05, 0) is 53.3 Å². The highest BCUT2D eigenvalue weighted by molar-refractivity contribution is 7.99. The van der Waals surface area contributed by atoms with Gasteiger partial charge in [-0.1, -0.05) is 86.6 Å². The molecular formula is C27H27NOS. The molecule has 0 heterocycles. The molecule has 0 saturated carbocycles. The number of aryl methyl sites for hydroxylation is 1. The highest BCUT2D eigenvalue weighted by Gasteiger charge is 2.13. The molecule has 30 heavy (non-hydrogen) atoms. The molecule has 2 nitrogen and oxygen atoms in total. The van der Waals surface area contributed by atoms with Crippen LogP contribution in [0.4, 0.5) is 0 Å². The second kappa shape index (κ2) is 9.24. The van der Waals surface area contributed by atoms with Crippen molar-refractivity contribution in [2.75, 3.05) is 7.11 Å². The van der Waals surface area contributed by atoms with Gasteiger partial charge in [0.1, 0.15) is 11.8 Å². The maximum Gasteiger partial charge on any atom is 0.120 e. The zero-order valence-corrected chi connectivity index (χ0v) is 19.0. The van der Waals surface area contributed by atoms with Crippen molar-refractivity contribution in [3.05, 3.63) is 88.5 Å². The van der Waals surface area contributed by atoms with E-state index in [0.717, 1.165) is 26.7 Å². The Morgan fingerprint density at radius 3 is 2.17 bits per heavy atom. The Kier molecular flexibility index (Phi) is 6.70. The lowest BCUT2D eigenvalue weighted by Gasteiger charge is -2.18. The van der Waals surface area contributed by atoms with Crippen molar-refractivity contribution in [3.8, 4) is 11.8 Å². The first-order chi connectivity index (χ1) is 14.3. The van der Waals surface area contributed by atoms with Gasteiger partial charge < -0.3 is 4.74 Å². The van der Waals surface area contributed by atoms with E-state index < -0.39 is 0 Å². The average Bonchev–Trinajstić information content (AvgIpc) is 2.73. The van der Waals surface area contributed by atoms with E-state index in [-0.39, 0.29) is 5.41 Å². The number of ether oxygens (including phenoxy) is 1. The minimum Gasteiger partial charge on any atom is -0.497 e. The van der Waals surface area contributed by atoms with Gasteiger partial charge in [0, 0.05) is 9.79 Å². The van der Waals surface area contributed by atoms with E-state index in [9.17, 15) is 5.26 Å². The van der Waals surface area contributed by atoms with Crippen LogP contribution in [0.25, 0.3) is 12.2 Å². The third kappa shape index (κ3) is 5.34. The van der Waals surface area contributed by atoms with Gasteiger partial charge in [0.25, 0.3) is 0 Å². The molecular weight excluding hydrogens is 386 g/mol. The Morgan fingerprint density at radius 2 is 1.60 bits per heavy atom. The first-order valence-corrected chi connectivity index (χ1v) is 10.8. The Bertz CT molecular complexity index is 1080. The summed E-state index contributed by atoms with van der Waals surface area (Å²) in [7, 11) is 1.65. The van der Waals surface area contributed by atoms with Gasteiger partial charge >= 0.3 is 0 Å². The number of rotatable bonds is 5. The lowest BCUT2D eigenvalue weighted by Crippen LogP contribution is -2.10. The molecule has 0 bridgehead atoms. The van der Waals surface area contributed by atoms with Crippen molar-refractivity contribution in [2.24, 2.45) is 0 Å². The van der Waals surface area contributed by atoms with Crippen LogP contribution in [0.15, 0.2) is 70.5 Å². The normalized spacial score (nSPS) is 11.5. The molecule has 0 atom stereocenters. The number of nitriles is 1. The molecule has 3 rings (SSSR count). The lowest BCUT2D eigenvalue weighted by molar-refractivity contribution is 0.413. The SMILES string of the molecule is COc1cc(/C=C/c2ccc(C(C)(C)C)cc2)c(C#N)c(Sc2ccc(C)cc2)c1. The molecule has 0 aliphatic carbocycles. The zero-order chi connectivity index (χ0) is 21.7. The summed E-state index contributed by atoms with van der Waals surface area (Å²) in [6, 6.07) is 23.1. The molecule has 0 spiro atoms. The van der Waals surface area contributed by atoms with Crippen LogP contribution in [0.2, 0.25) is 0 Å². The molecule has 0 unspecified atom stereocenters. The molecule has 0 radical (unpaired) electrons. The monoisotopic (exact) mass is 413 g/mol. The third-order valence-corrected chi connectivity index (χ3v) is 5.98. The summed E-state index contributed by atoms with van der Waals surface area (Å²) in [6.07, 6.45) is 4.04. The van der Waals surface area contributed by atoms with E-state index in [2.05, 4.69) is 82.3 Å². The van der Waals surface area contributed by atoms with Crippen molar-refractivity contribution < 1.29 is 4.74 Å². The Labute approximate surface area is 184 Å². The van der Waals surface area contributed by atoms with Crippen LogP contribution >= 0.6 is 11.8 Å². The fourth-order valence-corrected chi connectivity index (χ4v) is 4.04. The van der Waals surface area contributed by atoms with Crippen LogP contribution in [0.1, 0.15) is 48.6 Å². The number of hydrogen-bond acceptors (Lipinski definition) is 3. The van der Waals surface area contributed by atoms with Crippen LogP contribution in [-0.2, 0) is 5.41 Å². The molecule has 0 saturated heterocycles.